The first kappa shape index (κ1) is 14.6. The highest BCUT2D eigenvalue weighted by Crippen LogP contribution is 2.23. The van der Waals surface area contributed by atoms with Crippen molar-refractivity contribution in [1.82, 2.24) is 9.47 Å². The molecule has 2 atom stereocenters. The molecule has 2 unspecified atom stereocenters. The monoisotopic (exact) mass is 327 g/mol. The summed E-state index contributed by atoms with van der Waals surface area (Å²) in [5.74, 6) is 0.474. The number of hydrogen-bond acceptors (Lipinski definition) is 2. The summed E-state index contributed by atoms with van der Waals surface area (Å²) in [6.07, 6.45) is 2.85. The number of nitrogens with zero attached hydrogens (tertiary/aromatic N) is 2. The standard InChI is InChI=1S/C14H22BrN3O/c1-9(2)18-8-11(15)6-13(18)14(19)17-5-4-12(16)10(3)7-17/h6,8-10,12H,4-5,7,16H2,1-3H3. The van der Waals surface area contributed by atoms with Crippen LogP contribution in [0.15, 0.2) is 16.7 Å². The number of aromatic nitrogens is 1. The van der Waals surface area contributed by atoms with Crippen molar-refractivity contribution < 1.29 is 4.79 Å². The topological polar surface area (TPSA) is 51.3 Å². The molecule has 4 nitrogen and oxygen atoms in total. The Balaban J connectivity index is 2.20. The molecule has 1 saturated heterocycles. The van der Waals surface area contributed by atoms with E-state index < -0.39 is 0 Å². The van der Waals surface area contributed by atoms with Crippen LogP contribution in [0.5, 0.6) is 0 Å². The van der Waals surface area contributed by atoms with Gasteiger partial charge in [-0.3, -0.25) is 4.79 Å². The number of piperidine rings is 1. The van der Waals surface area contributed by atoms with Gasteiger partial charge in [-0.2, -0.15) is 0 Å². The average molecular weight is 328 g/mol. The summed E-state index contributed by atoms with van der Waals surface area (Å²) >= 11 is 3.45. The number of nitrogens with two attached hydrogens (primary N) is 1. The highest BCUT2D eigenvalue weighted by atomic mass is 79.9. The van der Waals surface area contributed by atoms with E-state index in [1.807, 2.05) is 21.7 Å². The van der Waals surface area contributed by atoms with E-state index in [9.17, 15) is 4.79 Å². The Morgan fingerprint density at radius 2 is 2.21 bits per heavy atom. The van der Waals surface area contributed by atoms with Gasteiger partial charge in [0.2, 0.25) is 0 Å². The van der Waals surface area contributed by atoms with Crippen molar-refractivity contribution in [3.05, 3.63) is 22.4 Å². The Bertz CT molecular complexity index is 469. The molecule has 0 bridgehead atoms. The summed E-state index contributed by atoms with van der Waals surface area (Å²) in [6.45, 7) is 7.78. The fourth-order valence-electron chi connectivity index (χ4n) is 2.55. The van der Waals surface area contributed by atoms with Crippen LogP contribution in [-0.2, 0) is 0 Å². The third-order valence-electron chi connectivity index (χ3n) is 3.85. The summed E-state index contributed by atoms with van der Waals surface area (Å²) in [7, 11) is 0. The predicted octanol–water partition coefficient (Wildman–Crippen LogP) is 2.64. The van der Waals surface area contributed by atoms with Crippen LogP contribution < -0.4 is 5.73 Å². The van der Waals surface area contributed by atoms with Crippen molar-refractivity contribution in [2.45, 2.75) is 39.3 Å². The minimum Gasteiger partial charge on any atom is -0.340 e. The van der Waals surface area contributed by atoms with Crippen LogP contribution in [0.2, 0.25) is 0 Å². The molecule has 2 N–H and O–H groups in total. The van der Waals surface area contributed by atoms with Crippen molar-refractivity contribution in [3.8, 4) is 0 Å². The van der Waals surface area contributed by atoms with Gasteiger partial charge in [0.15, 0.2) is 0 Å². The first-order valence-electron chi connectivity index (χ1n) is 6.82. The Labute approximate surface area is 123 Å². The van der Waals surface area contributed by atoms with Crippen LogP contribution in [0.3, 0.4) is 0 Å². The van der Waals surface area contributed by atoms with Gasteiger partial charge in [-0.1, -0.05) is 6.92 Å². The number of carbonyl (C=O) groups is 1. The lowest BCUT2D eigenvalue weighted by atomic mass is 9.94. The molecule has 0 aromatic carbocycles. The van der Waals surface area contributed by atoms with Gasteiger partial charge in [-0.05, 0) is 48.2 Å². The fraction of sp³-hybridized carbons (Fsp3) is 0.643. The van der Waals surface area contributed by atoms with Crippen molar-refractivity contribution in [3.63, 3.8) is 0 Å². The maximum atomic E-state index is 12.6. The molecule has 1 amide bonds. The van der Waals surface area contributed by atoms with Crippen LogP contribution in [0.1, 0.15) is 43.7 Å². The van der Waals surface area contributed by atoms with Crippen molar-refractivity contribution in [1.29, 1.82) is 0 Å². The van der Waals surface area contributed by atoms with Crippen molar-refractivity contribution in [2.75, 3.05) is 13.1 Å². The molecular formula is C14H22BrN3O. The lowest BCUT2D eigenvalue weighted by Crippen LogP contribution is -2.48. The quantitative estimate of drug-likeness (QED) is 0.907. The first-order chi connectivity index (χ1) is 8.90. The van der Waals surface area contributed by atoms with E-state index >= 15 is 0 Å². The van der Waals surface area contributed by atoms with E-state index in [0.717, 1.165) is 29.7 Å². The summed E-state index contributed by atoms with van der Waals surface area (Å²) in [5.41, 5.74) is 6.77. The molecule has 0 saturated carbocycles. The summed E-state index contributed by atoms with van der Waals surface area (Å²) in [6, 6.07) is 2.39. The van der Waals surface area contributed by atoms with Crippen LogP contribution in [0.25, 0.3) is 0 Å². The highest BCUT2D eigenvalue weighted by molar-refractivity contribution is 9.10. The molecule has 2 rings (SSSR count). The number of rotatable bonds is 2. The fourth-order valence-corrected chi connectivity index (χ4v) is 2.99. The van der Waals surface area contributed by atoms with Crippen LogP contribution in [-0.4, -0.2) is 34.5 Å². The van der Waals surface area contributed by atoms with Gasteiger partial charge in [-0.25, -0.2) is 0 Å². The third kappa shape index (κ3) is 3.03. The smallest absolute Gasteiger partial charge is 0.270 e. The second kappa shape index (κ2) is 5.67. The molecule has 19 heavy (non-hydrogen) atoms. The van der Waals surface area contributed by atoms with Gasteiger partial charge < -0.3 is 15.2 Å². The first-order valence-corrected chi connectivity index (χ1v) is 7.61. The number of halogens is 1. The summed E-state index contributed by atoms with van der Waals surface area (Å²) < 4.78 is 2.97. The van der Waals surface area contributed by atoms with Gasteiger partial charge in [0, 0.05) is 35.8 Å². The molecule has 106 valence electrons. The van der Waals surface area contributed by atoms with Gasteiger partial charge in [0.05, 0.1) is 0 Å². The van der Waals surface area contributed by atoms with Crippen LogP contribution in [0.4, 0.5) is 0 Å². The number of carbonyl (C=O) groups excluding carboxylic acids is 1. The molecule has 0 radical (unpaired) electrons. The maximum Gasteiger partial charge on any atom is 0.270 e. The highest BCUT2D eigenvalue weighted by Gasteiger charge is 2.28. The predicted molar refractivity (Wildman–Crippen MR) is 80.2 cm³/mol. The minimum absolute atomic E-state index is 0.109. The van der Waals surface area contributed by atoms with Gasteiger partial charge in [-0.15, -0.1) is 0 Å². The second-order valence-electron chi connectivity index (χ2n) is 5.73. The van der Waals surface area contributed by atoms with E-state index in [1.165, 1.54) is 0 Å². The summed E-state index contributed by atoms with van der Waals surface area (Å²) in [4.78, 5) is 14.6. The van der Waals surface area contributed by atoms with Crippen molar-refractivity contribution >= 4 is 21.8 Å². The zero-order valence-electron chi connectivity index (χ0n) is 11.8. The SMILES string of the molecule is CC1CN(C(=O)c2cc(Br)cn2C(C)C)CCC1N. The second-order valence-corrected chi connectivity index (χ2v) is 6.64. The van der Waals surface area contributed by atoms with Crippen LogP contribution >= 0.6 is 15.9 Å². The van der Waals surface area contributed by atoms with Gasteiger partial charge in [0.25, 0.3) is 5.91 Å². The Morgan fingerprint density at radius 3 is 2.79 bits per heavy atom. The minimum atomic E-state index is 0.109. The van der Waals surface area contributed by atoms with Gasteiger partial charge in [0.1, 0.15) is 5.69 Å². The number of hydrogen-bond donors (Lipinski definition) is 1. The average Bonchev–Trinajstić information content (AvgIpc) is 2.74. The van der Waals surface area contributed by atoms with Gasteiger partial charge >= 0.3 is 0 Å². The maximum absolute atomic E-state index is 12.6. The Morgan fingerprint density at radius 1 is 1.53 bits per heavy atom. The molecule has 1 aliphatic rings. The molecule has 2 heterocycles. The largest absolute Gasteiger partial charge is 0.340 e. The lowest BCUT2D eigenvalue weighted by Gasteiger charge is -2.35. The van der Waals surface area contributed by atoms with Crippen molar-refractivity contribution in [2.24, 2.45) is 11.7 Å². The molecular weight excluding hydrogens is 306 g/mol. The lowest BCUT2D eigenvalue weighted by molar-refractivity contribution is 0.0651. The molecule has 1 aromatic heterocycles. The molecule has 1 aromatic rings. The Kier molecular flexibility index (Phi) is 4.36. The zero-order valence-corrected chi connectivity index (χ0v) is 13.4. The normalized spacial score (nSPS) is 24.0. The number of amides is 1. The van der Waals surface area contributed by atoms with E-state index in [1.54, 1.807) is 0 Å². The number of likely N-dealkylation sites (tertiary alicyclic amines) is 1. The summed E-state index contributed by atoms with van der Waals surface area (Å²) in [5, 5.41) is 0. The molecule has 0 spiro atoms. The van der Waals surface area contributed by atoms with E-state index in [4.69, 9.17) is 5.73 Å². The molecule has 1 fully saturated rings. The molecule has 1 aliphatic heterocycles. The molecule has 0 aliphatic carbocycles. The molecule has 5 heteroatoms. The third-order valence-corrected chi connectivity index (χ3v) is 4.28. The Hall–Kier alpha value is -0.810. The van der Waals surface area contributed by atoms with Crippen LogP contribution in [0, 0.1) is 5.92 Å². The van der Waals surface area contributed by atoms with E-state index in [0.29, 0.717) is 5.92 Å². The van der Waals surface area contributed by atoms with E-state index in [-0.39, 0.29) is 18.0 Å². The van der Waals surface area contributed by atoms with E-state index in [2.05, 4.69) is 36.7 Å². The zero-order chi connectivity index (χ0) is 14.2.